The minimum Gasteiger partial charge on any atom is -0.497 e. The molecule has 8 heteroatoms. The molecule has 0 unspecified atom stereocenters. The van der Waals surface area contributed by atoms with Gasteiger partial charge in [0.05, 0.1) is 43.4 Å². The van der Waals surface area contributed by atoms with Crippen molar-refractivity contribution in [2.45, 2.75) is 20.0 Å². The van der Waals surface area contributed by atoms with Crippen LogP contribution in [-0.2, 0) is 13.1 Å². The zero-order valence-electron chi connectivity index (χ0n) is 13.2. The SMILES string of the molecule is CCn1ncc(Cl)c1CNC(=S)Nc1ccc(OC)cc1OC. The first-order valence-corrected chi connectivity index (χ1v) is 7.84. The summed E-state index contributed by atoms with van der Waals surface area (Å²) in [5.74, 6) is 1.36. The standard InChI is InChI=1S/C15H19ClN4O2S/c1-4-20-13(11(16)8-18-20)9-17-15(23)19-12-6-5-10(21-2)7-14(12)22-3/h5-8H,4,9H2,1-3H3,(H2,17,19,23). The molecule has 1 heterocycles. The highest BCUT2D eigenvalue weighted by Gasteiger charge is 2.10. The van der Waals surface area contributed by atoms with Gasteiger partial charge in [-0.25, -0.2) is 0 Å². The van der Waals surface area contributed by atoms with Crippen molar-refractivity contribution in [3.8, 4) is 11.5 Å². The molecule has 0 aliphatic rings. The number of aryl methyl sites for hydroxylation is 1. The molecule has 124 valence electrons. The Balaban J connectivity index is 2.01. The lowest BCUT2D eigenvalue weighted by Crippen LogP contribution is -2.29. The molecule has 0 aliphatic carbocycles. The molecule has 0 bridgehead atoms. The predicted molar refractivity (Wildman–Crippen MR) is 95.5 cm³/mol. The topological polar surface area (TPSA) is 60.3 Å². The first-order chi connectivity index (χ1) is 11.1. The maximum Gasteiger partial charge on any atom is 0.171 e. The highest BCUT2D eigenvalue weighted by molar-refractivity contribution is 7.80. The maximum absolute atomic E-state index is 6.13. The van der Waals surface area contributed by atoms with Crippen LogP contribution < -0.4 is 20.1 Å². The Morgan fingerprint density at radius 2 is 2.13 bits per heavy atom. The van der Waals surface area contributed by atoms with E-state index in [-0.39, 0.29) is 0 Å². The van der Waals surface area contributed by atoms with Crippen molar-refractivity contribution >= 4 is 34.6 Å². The summed E-state index contributed by atoms with van der Waals surface area (Å²) in [6, 6.07) is 5.46. The normalized spacial score (nSPS) is 10.3. The second kappa shape index (κ2) is 8.03. The van der Waals surface area contributed by atoms with Crippen molar-refractivity contribution in [1.29, 1.82) is 0 Å². The van der Waals surface area contributed by atoms with E-state index < -0.39 is 0 Å². The van der Waals surface area contributed by atoms with E-state index in [2.05, 4.69) is 15.7 Å². The number of anilines is 1. The average molecular weight is 355 g/mol. The first kappa shape index (κ1) is 17.4. The van der Waals surface area contributed by atoms with Gasteiger partial charge in [-0.1, -0.05) is 11.6 Å². The molecular weight excluding hydrogens is 336 g/mol. The van der Waals surface area contributed by atoms with E-state index in [1.54, 1.807) is 26.5 Å². The molecule has 0 radical (unpaired) electrons. The third kappa shape index (κ3) is 4.27. The Morgan fingerprint density at radius 3 is 2.78 bits per heavy atom. The molecule has 2 aromatic rings. The van der Waals surface area contributed by atoms with E-state index in [0.29, 0.717) is 28.2 Å². The second-order valence-electron chi connectivity index (χ2n) is 4.63. The lowest BCUT2D eigenvalue weighted by atomic mass is 10.2. The smallest absolute Gasteiger partial charge is 0.171 e. The summed E-state index contributed by atoms with van der Waals surface area (Å²) in [6.45, 7) is 3.23. The molecule has 0 fully saturated rings. The molecule has 1 aromatic heterocycles. The quantitative estimate of drug-likeness (QED) is 0.777. The number of hydrogen-bond acceptors (Lipinski definition) is 4. The van der Waals surface area contributed by atoms with Gasteiger partial charge in [0.2, 0.25) is 0 Å². The second-order valence-corrected chi connectivity index (χ2v) is 5.44. The minimum absolute atomic E-state index is 0.466. The molecule has 0 atom stereocenters. The minimum atomic E-state index is 0.466. The lowest BCUT2D eigenvalue weighted by Gasteiger charge is -2.14. The number of benzene rings is 1. The van der Waals surface area contributed by atoms with Crippen molar-refractivity contribution in [2.24, 2.45) is 0 Å². The van der Waals surface area contributed by atoms with Crippen molar-refractivity contribution in [2.75, 3.05) is 19.5 Å². The number of nitrogens with one attached hydrogen (secondary N) is 2. The fraction of sp³-hybridized carbons (Fsp3) is 0.333. The number of aromatic nitrogens is 2. The Morgan fingerprint density at radius 1 is 1.35 bits per heavy atom. The third-order valence-electron chi connectivity index (χ3n) is 3.27. The lowest BCUT2D eigenvalue weighted by molar-refractivity contribution is 0.395. The summed E-state index contributed by atoms with van der Waals surface area (Å²) in [5.41, 5.74) is 1.64. The Labute approximate surface area is 145 Å². The van der Waals surface area contributed by atoms with Crippen LogP contribution in [0.3, 0.4) is 0 Å². The number of nitrogens with zero attached hydrogens (tertiary/aromatic N) is 2. The van der Waals surface area contributed by atoms with Crippen molar-refractivity contribution in [1.82, 2.24) is 15.1 Å². The molecule has 0 aliphatic heterocycles. The molecule has 2 rings (SSSR count). The largest absolute Gasteiger partial charge is 0.497 e. The highest BCUT2D eigenvalue weighted by atomic mass is 35.5. The van der Waals surface area contributed by atoms with Gasteiger partial charge in [0, 0.05) is 12.6 Å². The Bertz CT molecular complexity index is 690. The van der Waals surface area contributed by atoms with E-state index in [0.717, 1.165) is 17.9 Å². The van der Waals surface area contributed by atoms with E-state index >= 15 is 0 Å². The summed E-state index contributed by atoms with van der Waals surface area (Å²) in [6.07, 6.45) is 1.63. The van der Waals surface area contributed by atoms with Gasteiger partial charge in [-0.15, -0.1) is 0 Å². The maximum atomic E-state index is 6.13. The monoisotopic (exact) mass is 354 g/mol. The molecule has 1 aromatic carbocycles. The van der Waals surface area contributed by atoms with Gasteiger partial charge in [0.15, 0.2) is 5.11 Å². The van der Waals surface area contributed by atoms with Gasteiger partial charge < -0.3 is 20.1 Å². The Hall–Kier alpha value is -1.99. The van der Waals surface area contributed by atoms with Crippen LogP contribution in [0.2, 0.25) is 5.02 Å². The number of hydrogen-bond donors (Lipinski definition) is 2. The fourth-order valence-corrected chi connectivity index (χ4v) is 2.46. The van der Waals surface area contributed by atoms with E-state index in [9.17, 15) is 0 Å². The summed E-state index contributed by atoms with van der Waals surface area (Å²) in [5, 5.41) is 11.5. The zero-order chi connectivity index (χ0) is 16.8. The third-order valence-corrected chi connectivity index (χ3v) is 3.83. The zero-order valence-corrected chi connectivity index (χ0v) is 14.8. The van der Waals surface area contributed by atoms with Crippen LogP contribution >= 0.6 is 23.8 Å². The number of thiocarbonyl (C=S) groups is 1. The van der Waals surface area contributed by atoms with Gasteiger partial charge in [-0.05, 0) is 31.3 Å². The first-order valence-electron chi connectivity index (χ1n) is 7.06. The van der Waals surface area contributed by atoms with Crippen molar-refractivity contribution < 1.29 is 9.47 Å². The molecule has 2 N–H and O–H groups in total. The number of ether oxygens (including phenoxy) is 2. The van der Waals surface area contributed by atoms with Gasteiger partial charge >= 0.3 is 0 Å². The van der Waals surface area contributed by atoms with Gasteiger partial charge in [-0.2, -0.15) is 5.10 Å². The molecule has 0 saturated carbocycles. The molecule has 0 amide bonds. The van der Waals surface area contributed by atoms with Crippen LogP contribution in [0.25, 0.3) is 0 Å². The summed E-state index contributed by atoms with van der Waals surface area (Å²) in [4.78, 5) is 0. The van der Waals surface area contributed by atoms with Crippen LogP contribution in [0.5, 0.6) is 11.5 Å². The van der Waals surface area contributed by atoms with E-state index in [1.807, 2.05) is 23.7 Å². The summed E-state index contributed by atoms with van der Waals surface area (Å²) >= 11 is 11.4. The number of halogens is 1. The predicted octanol–water partition coefficient (Wildman–Crippen LogP) is 3.06. The van der Waals surface area contributed by atoms with Crippen LogP contribution in [0, 0.1) is 0 Å². The summed E-state index contributed by atoms with van der Waals surface area (Å²) < 4.78 is 12.3. The van der Waals surface area contributed by atoms with E-state index in [4.69, 9.17) is 33.3 Å². The fourth-order valence-electron chi connectivity index (χ4n) is 2.07. The Kier molecular flexibility index (Phi) is 6.06. The van der Waals surface area contributed by atoms with Crippen LogP contribution in [-0.4, -0.2) is 29.1 Å². The van der Waals surface area contributed by atoms with Crippen LogP contribution in [0.1, 0.15) is 12.6 Å². The molecule has 6 nitrogen and oxygen atoms in total. The van der Waals surface area contributed by atoms with E-state index in [1.165, 1.54) is 0 Å². The van der Waals surface area contributed by atoms with Gasteiger partial charge in [0.25, 0.3) is 0 Å². The average Bonchev–Trinajstić information content (AvgIpc) is 2.93. The molecule has 0 spiro atoms. The summed E-state index contributed by atoms with van der Waals surface area (Å²) in [7, 11) is 3.20. The van der Waals surface area contributed by atoms with Crippen LogP contribution in [0.4, 0.5) is 5.69 Å². The number of rotatable bonds is 6. The number of methoxy groups -OCH3 is 2. The molecule has 23 heavy (non-hydrogen) atoms. The molecule has 0 saturated heterocycles. The molecular formula is C15H19ClN4O2S. The highest BCUT2D eigenvalue weighted by Crippen LogP contribution is 2.28. The van der Waals surface area contributed by atoms with Crippen LogP contribution in [0.15, 0.2) is 24.4 Å². The van der Waals surface area contributed by atoms with Gasteiger partial charge in [0.1, 0.15) is 11.5 Å². The van der Waals surface area contributed by atoms with Crippen molar-refractivity contribution in [3.05, 3.63) is 35.1 Å². The van der Waals surface area contributed by atoms with Gasteiger partial charge in [-0.3, -0.25) is 4.68 Å². The van der Waals surface area contributed by atoms with Crippen molar-refractivity contribution in [3.63, 3.8) is 0 Å².